The van der Waals surface area contributed by atoms with Crippen LogP contribution in [0.2, 0.25) is 0 Å². The Morgan fingerprint density at radius 1 is 1.48 bits per heavy atom. The van der Waals surface area contributed by atoms with Crippen LogP contribution in [0.25, 0.3) is 11.0 Å². The molecule has 1 saturated heterocycles. The van der Waals surface area contributed by atoms with Gasteiger partial charge in [0.2, 0.25) is 0 Å². The molecule has 0 aromatic carbocycles. The summed E-state index contributed by atoms with van der Waals surface area (Å²) < 4.78 is 5.38. The molecule has 1 amide bonds. The summed E-state index contributed by atoms with van der Waals surface area (Å²) in [6.07, 6.45) is 4.23. The van der Waals surface area contributed by atoms with Crippen molar-refractivity contribution in [1.82, 2.24) is 20.4 Å². The highest BCUT2D eigenvalue weighted by atomic mass is 16.6. The molecule has 2 aromatic rings. The summed E-state index contributed by atoms with van der Waals surface area (Å²) in [6.45, 7) is 6.23. The molecule has 0 aliphatic carbocycles. The molecule has 1 aliphatic heterocycles. The van der Waals surface area contributed by atoms with Crippen molar-refractivity contribution in [2.24, 2.45) is 0 Å². The van der Waals surface area contributed by atoms with Crippen LogP contribution in [0, 0.1) is 0 Å². The molecule has 3 heterocycles. The quantitative estimate of drug-likeness (QED) is 0.846. The zero-order valence-electron chi connectivity index (χ0n) is 12.5. The van der Waals surface area contributed by atoms with Crippen LogP contribution < -0.4 is 5.43 Å². The van der Waals surface area contributed by atoms with Gasteiger partial charge in [-0.3, -0.25) is 0 Å². The van der Waals surface area contributed by atoms with Crippen LogP contribution in [0.4, 0.5) is 4.79 Å². The largest absolute Gasteiger partial charge is 0.443 e. The lowest BCUT2D eigenvalue weighted by atomic mass is 10.1. The van der Waals surface area contributed by atoms with Gasteiger partial charge in [0.05, 0.1) is 6.04 Å². The average molecular weight is 288 g/mol. The number of ether oxygens (including phenoxy) is 1. The van der Waals surface area contributed by atoms with Gasteiger partial charge in [0.25, 0.3) is 0 Å². The van der Waals surface area contributed by atoms with Crippen molar-refractivity contribution in [2.45, 2.75) is 38.8 Å². The van der Waals surface area contributed by atoms with E-state index in [1.165, 1.54) is 0 Å². The Labute approximate surface area is 123 Å². The number of carbonyl (C=O) groups is 1. The Morgan fingerprint density at radius 3 is 3.05 bits per heavy atom. The van der Waals surface area contributed by atoms with Crippen LogP contribution >= 0.6 is 0 Å². The first-order valence-electron chi connectivity index (χ1n) is 7.13. The molecule has 1 atom stereocenters. The van der Waals surface area contributed by atoms with E-state index in [-0.39, 0.29) is 12.1 Å². The normalized spacial score (nSPS) is 19.2. The van der Waals surface area contributed by atoms with E-state index in [4.69, 9.17) is 4.74 Å². The van der Waals surface area contributed by atoms with Gasteiger partial charge in [-0.2, -0.15) is 0 Å². The smallest absolute Gasteiger partial charge is 0.424 e. The van der Waals surface area contributed by atoms with Crippen LogP contribution in [-0.2, 0) is 4.74 Å². The van der Waals surface area contributed by atoms with Crippen LogP contribution in [0.15, 0.2) is 24.5 Å². The highest BCUT2D eigenvalue weighted by molar-refractivity contribution is 5.80. The number of aromatic nitrogens is 2. The number of H-pyrrole nitrogens is 1. The maximum absolute atomic E-state index is 12.1. The average Bonchev–Trinajstić information content (AvgIpc) is 3.03. The predicted molar refractivity (Wildman–Crippen MR) is 79.5 cm³/mol. The Balaban J connectivity index is 1.74. The number of rotatable bonds is 1. The number of aromatic amines is 1. The Bertz CT molecular complexity index is 659. The first-order chi connectivity index (χ1) is 9.94. The van der Waals surface area contributed by atoms with Crippen molar-refractivity contribution in [3.63, 3.8) is 0 Å². The molecule has 112 valence electrons. The molecule has 21 heavy (non-hydrogen) atoms. The van der Waals surface area contributed by atoms with Gasteiger partial charge in [0, 0.05) is 24.3 Å². The summed E-state index contributed by atoms with van der Waals surface area (Å²) in [4.78, 5) is 19.5. The third kappa shape index (κ3) is 2.85. The van der Waals surface area contributed by atoms with Gasteiger partial charge in [-0.1, -0.05) is 0 Å². The first kappa shape index (κ1) is 13.9. The van der Waals surface area contributed by atoms with Gasteiger partial charge in [-0.15, -0.1) is 0 Å². The number of hydrogen-bond donors (Lipinski definition) is 2. The second-order valence-corrected chi connectivity index (χ2v) is 6.25. The molecule has 1 unspecified atom stereocenters. The van der Waals surface area contributed by atoms with Crippen LogP contribution in [-0.4, -0.2) is 33.2 Å². The Morgan fingerprint density at radius 2 is 2.29 bits per heavy atom. The summed E-state index contributed by atoms with van der Waals surface area (Å²) in [7, 11) is 0. The molecule has 0 bridgehead atoms. The van der Waals surface area contributed by atoms with Crippen molar-refractivity contribution in [1.29, 1.82) is 0 Å². The molecule has 0 saturated carbocycles. The molecule has 6 nitrogen and oxygen atoms in total. The summed E-state index contributed by atoms with van der Waals surface area (Å²) in [5, 5.41) is 2.63. The Hall–Kier alpha value is -2.08. The lowest BCUT2D eigenvalue weighted by molar-refractivity contribution is 0.0197. The number of nitrogens with zero attached hydrogens (tertiary/aromatic N) is 2. The molecule has 0 radical (unpaired) electrons. The van der Waals surface area contributed by atoms with E-state index in [9.17, 15) is 4.79 Å². The molecular weight excluding hydrogens is 268 g/mol. The minimum atomic E-state index is -0.485. The summed E-state index contributed by atoms with van der Waals surface area (Å²) in [5.41, 5.74) is 4.73. The van der Waals surface area contributed by atoms with Crippen molar-refractivity contribution in [2.75, 3.05) is 6.54 Å². The third-order valence-electron chi connectivity index (χ3n) is 3.43. The predicted octanol–water partition coefficient (Wildman–Crippen LogP) is 2.75. The number of amides is 1. The number of pyridine rings is 1. The topological polar surface area (TPSA) is 70.2 Å². The lowest BCUT2D eigenvalue weighted by Crippen LogP contribution is -2.41. The molecule has 2 N–H and O–H groups in total. The molecule has 1 fully saturated rings. The Kier molecular flexibility index (Phi) is 3.33. The number of fused-ring (bicyclic) bond motifs is 1. The standard InChI is InChI=1S/C15H20N4O2/c1-15(2,3)21-14(20)19-8-6-12(18-19)11-9-17-13-10(11)5-4-7-16-13/h4-5,7,9,12,18H,6,8H2,1-3H3,(H,16,17). The maximum Gasteiger partial charge on any atom is 0.424 e. The van der Waals surface area contributed by atoms with E-state index in [1.54, 1.807) is 11.2 Å². The van der Waals surface area contributed by atoms with Crippen molar-refractivity contribution in [3.05, 3.63) is 30.1 Å². The SMILES string of the molecule is CC(C)(C)OC(=O)N1CCC(c2c[nH]c3ncccc23)N1. The van der Waals surface area contributed by atoms with Crippen molar-refractivity contribution >= 4 is 17.1 Å². The highest BCUT2D eigenvalue weighted by Crippen LogP contribution is 2.29. The van der Waals surface area contributed by atoms with Crippen molar-refractivity contribution < 1.29 is 9.53 Å². The van der Waals surface area contributed by atoms with Crippen LogP contribution in [0.3, 0.4) is 0 Å². The minimum absolute atomic E-state index is 0.0930. The van der Waals surface area contributed by atoms with Gasteiger partial charge in [0.15, 0.2) is 0 Å². The molecule has 0 spiro atoms. The van der Waals surface area contributed by atoms with E-state index in [0.717, 1.165) is 23.0 Å². The van der Waals surface area contributed by atoms with E-state index in [2.05, 4.69) is 15.4 Å². The molecule has 3 rings (SSSR count). The van der Waals surface area contributed by atoms with Gasteiger partial charge >= 0.3 is 6.09 Å². The first-order valence-corrected chi connectivity index (χ1v) is 7.13. The van der Waals surface area contributed by atoms with E-state index in [1.807, 2.05) is 39.1 Å². The van der Waals surface area contributed by atoms with E-state index >= 15 is 0 Å². The van der Waals surface area contributed by atoms with Gasteiger partial charge in [0.1, 0.15) is 11.2 Å². The second kappa shape index (κ2) is 5.04. The maximum atomic E-state index is 12.1. The number of carbonyl (C=O) groups excluding carboxylic acids is 1. The fourth-order valence-electron chi connectivity index (χ4n) is 2.53. The molecule has 1 aliphatic rings. The second-order valence-electron chi connectivity index (χ2n) is 6.25. The molecule has 2 aromatic heterocycles. The fraction of sp³-hybridized carbons (Fsp3) is 0.467. The van der Waals surface area contributed by atoms with Crippen molar-refractivity contribution in [3.8, 4) is 0 Å². The number of nitrogens with one attached hydrogen (secondary N) is 2. The number of hydrogen-bond acceptors (Lipinski definition) is 4. The van der Waals surface area contributed by atoms with Crippen LogP contribution in [0.1, 0.15) is 38.8 Å². The van der Waals surface area contributed by atoms with E-state index < -0.39 is 5.60 Å². The van der Waals surface area contributed by atoms with Gasteiger partial charge in [-0.05, 0) is 44.9 Å². The molecule has 6 heteroatoms. The van der Waals surface area contributed by atoms with E-state index in [0.29, 0.717) is 6.54 Å². The van der Waals surface area contributed by atoms with Crippen LogP contribution in [0.5, 0.6) is 0 Å². The number of hydrazine groups is 1. The zero-order chi connectivity index (χ0) is 15.0. The third-order valence-corrected chi connectivity index (χ3v) is 3.43. The monoisotopic (exact) mass is 288 g/mol. The lowest BCUT2D eigenvalue weighted by Gasteiger charge is -2.24. The van der Waals surface area contributed by atoms with Gasteiger partial charge in [-0.25, -0.2) is 20.2 Å². The minimum Gasteiger partial charge on any atom is -0.443 e. The molecular formula is C15H20N4O2. The summed E-state index contributed by atoms with van der Waals surface area (Å²) in [6, 6.07) is 4.04. The highest BCUT2D eigenvalue weighted by Gasteiger charge is 2.31. The van der Waals surface area contributed by atoms with Gasteiger partial charge < -0.3 is 9.72 Å². The fourth-order valence-corrected chi connectivity index (χ4v) is 2.53. The zero-order valence-corrected chi connectivity index (χ0v) is 12.5. The summed E-state index contributed by atoms with van der Waals surface area (Å²) >= 11 is 0. The summed E-state index contributed by atoms with van der Waals surface area (Å²) in [5.74, 6) is 0.